The van der Waals surface area contributed by atoms with Crippen LogP contribution in [0.15, 0.2) is 16.2 Å². The van der Waals surface area contributed by atoms with E-state index in [9.17, 15) is 9.90 Å². The maximum Gasteiger partial charge on any atom is 0.338 e. The third-order valence-corrected chi connectivity index (χ3v) is 4.13. The number of carboxylic acid groups (broad SMARTS) is 1. The van der Waals surface area contributed by atoms with E-state index < -0.39 is 5.97 Å². The average Bonchev–Trinajstić information content (AvgIpc) is 2.83. The second-order valence-electron chi connectivity index (χ2n) is 4.76. The van der Waals surface area contributed by atoms with Crippen molar-refractivity contribution in [2.24, 2.45) is 0 Å². The highest BCUT2D eigenvalue weighted by atomic mass is 32.2. The SMILES string of the molecule is Cc1nc(Sc2nc3c(cc2C(=O)O)CCCC3)n[nH]1. The molecule has 0 fully saturated rings. The van der Waals surface area contributed by atoms with Crippen LogP contribution >= 0.6 is 11.8 Å². The minimum absolute atomic E-state index is 0.234. The lowest BCUT2D eigenvalue weighted by Crippen LogP contribution is -2.10. The smallest absolute Gasteiger partial charge is 0.338 e. The summed E-state index contributed by atoms with van der Waals surface area (Å²) in [6.07, 6.45) is 4.03. The molecule has 2 aromatic rings. The zero-order valence-corrected chi connectivity index (χ0v) is 11.8. The van der Waals surface area contributed by atoms with Gasteiger partial charge in [-0.25, -0.2) is 14.8 Å². The number of nitrogens with one attached hydrogen (secondary N) is 1. The highest BCUT2D eigenvalue weighted by molar-refractivity contribution is 7.99. The molecule has 7 heteroatoms. The maximum absolute atomic E-state index is 11.4. The Labute approximate surface area is 120 Å². The van der Waals surface area contributed by atoms with Gasteiger partial charge >= 0.3 is 5.97 Å². The fourth-order valence-electron chi connectivity index (χ4n) is 2.30. The fraction of sp³-hybridized carbons (Fsp3) is 0.385. The van der Waals surface area contributed by atoms with E-state index in [2.05, 4.69) is 20.2 Å². The van der Waals surface area contributed by atoms with Gasteiger partial charge in [0.2, 0.25) is 5.16 Å². The van der Waals surface area contributed by atoms with Crippen molar-refractivity contribution in [3.8, 4) is 0 Å². The summed E-state index contributed by atoms with van der Waals surface area (Å²) in [5, 5.41) is 17.1. The Morgan fingerprint density at radius 1 is 1.35 bits per heavy atom. The molecule has 104 valence electrons. The van der Waals surface area contributed by atoms with Crippen molar-refractivity contribution in [1.82, 2.24) is 20.2 Å². The van der Waals surface area contributed by atoms with Crippen LogP contribution in [0.25, 0.3) is 0 Å². The first kappa shape index (κ1) is 13.1. The van der Waals surface area contributed by atoms with Crippen LogP contribution in [0.3, 0.4) is 0 Å². The van der Waals surface area contributed by atoms with Crippen molar-refractivity contribution in [2.45, 2.75) is 42.8 Å². The third-order valence-electron chi connectivity index (χ3n) is 3.26. The first-order valence-corrected chi connectivity index (χ1v) is 7.28. The molecule has 0 bridgehead atoms. The normalized spacial score (nSPS) is 14.1. The highest BCUT2D eigenvalue weighted by Crippen LogP contribution is 2.30. The number of carboxylic acids is 1. The lowest BCUT2D eigenvalue weighted by molar-refractivity contribution is 0.0692. The molecule has 20 heavy (non-hydrogen) atoms. The summed E-state index contributed by atoms with van der Waals surface area (Å²) in [6, 6.07) is 1.76. The van der Waals surface area contributed by atoms with Crippen LogP contribution in [0.4, 0.5) is 0 Å². The molecule has 0 aromatic carbocycles. The average molecular weight is 290 g/mol. The lowest BCUT2D eigenvalue weighted by Gasteiger charge is -2.16. The van der Waals surface area contributed by atoms with Crippen LogP contribution in [-0.4, -0.2) is 31.2 Å². The fourth-order valence-corrected chi connectivity index (χ4v) is 3.16. The molecule has 2 N–H and O–H groups in total. The van der Waals surface area contributed by atoms with Gasteiger partial charge in [-0.2, -0.15) is 0 Å². The molecule has 0 atom stereocenters. The predicted octanol–water partition coefficient (Wildman–Crippen LogP) is 2.24. The van der Waals surface area contributed by atoms with Crippen molar-refractivity contribution in [3.63, 3.8) is 0 Å². The lowest BCUT2D eigenvalue weighted by atomic mass is 9.95. The second-order valence-corrected chi connectivity index (χ2v) is 5.72. The van der Waals surface area contributed by atoms with E-state index in [-0.39, 0.29) is 5.56 Å². The third kappa shape index (κ3) is 2.53. The van der Waals surface area contributed by atoms with Gasteiger partial charge < -0.3 is 5.11 Å². The first-order valence-electron chi connectivity index (χ1n) is 6.46. The molecule has 0 unspecified atom stereocenters. The Hall–Kier alpha value is -1.89. The van der Waals surface area contributed by atoms with Gasteiger partial charge in [-0.15, -0.1) is 5.10 Å². The van der Waals surface area contributed by atoms with Crippen molar-refractivity contribution in [3.05, 3.63) is 28.7 Å². The largest absolute Gasteiger partial charge is 0.478 e. The number of H-pyrrole nitrogens is 1. The van der Waals surface area contributed by atoms with Gasteiger partial charge in [-0.05, 0) is 56.0 Å². The van der Waals surface area contributed by atoms with Crippen LogP contribution in [0, 0.1) is 6.92 Å². The minimum Gasteiger partial charge on any atom is -0.478 e. The summed E-state index contributed by atoms with van der Waals surface area (Å²) in [5.41, 5.74) is 2.30. The molecule has 0 saturated heterocycles. The molecular formula is C13H14N4O2S. The maximum atomic E-state index is 11.4. The van der Waals surface area contributed by atoms with Gasteiger partial charge in [0.1, 0.15) is 10.9 Å². The molecule has 3 rings (SSSR count). The number of hydrogen-bond acceptors (Lipinski definition) is 5. The van der Waals surface area contributed by atoms with Gasteiger partial charge in [-0.1, -0.05) is 0 Å². The molecular weight excluding hydrogens is 276 g/mol. The number of pyridine rings is 1. The number of aromatic nitrogens is 4. The van der Waals surface area contributed by atoms with E-state index >= 15 is 0 Å². The summed E-state index contributed by atoms with van der Waals surface area (Å²) in [4.78, 5) is 20.1. The second kappa shape index (κ2) is 5.24. The Morgan fingerprint density at radius 3 is 2.85 bits per heavy atom. The van der Waals surface area contributed by atoms with Gasteiger partial charge in [0.15, 0.2) is 0 Å². The molecule has 1 aliphatic carbocycles. The van der Waals surface area contributed by atoms with E-state index in [0.29, 0.717) is 16.0 Å². The van der Waals surface area contributed by atoms with E-state index in [1.165, 1.54) is 11.8 Å². The van der Waals surface area contributed by atoms with E-state index in [0.717, 1.165) is 36.9 Å². The summed E-state index contributed by atoms with van der Waals surface area (Å²) in [7, 11) is 0. The van der Waals surface area contributed by atoms with Crippen LogP contribution in [-0.2, 0) is 12.8 Å². The number of carbonyl (C=O) groups is 1. The van der Waals surface area contributed by atoms with Crippen LogP contribution in [0.1, 0.15) is 40.3 Å². The number of fused-ring (bicyclic) bond motifs is 1. The Morgan fingerprint density at radius 2 is 2.15 bits per heavy atom. The van der Waals surface area contributed by atoms with Gasteiger partial charge in [-0.3, -0.25) is 5.10 Å². The monoisotopic (exact) mass is 290 g/mol. The Balaban J connectivity index is 2.01. The summed E-state index contributed by atoms with van der Waals surface area (Å²) in [6.45, 7) is 1.80. The van der Waals surface area contributed by atoms with E-state index in [1.54, 1.807) is 13.0 Å². The quantitative estimate of drug-likeness (QED) is 0.900. The van der Waals surface area contributed by atoms with E-state index in [4.69, 9.17) is 0 Å². The standard InChI is InChI=1S/C13H14N4O2S/c1-7-14-13(17-16-7)20-11-9(12(18)19)6-8-4-2-3-5-10(8)15-11/h6H,2-5H2,1H3,(H,18,19)(H,14,16,17). The summed E-state index contributed by atoms with van der Waals surface area (Å²) < 4.78 is 0. The van der Waals surface area contributed by atoms with Crippen LogP contribution in [0.5, 0.6) is 0 Å². The predicted molar refractivity (Wildman–Crippen MR) is 73.1 cm³/mol. The molecule has 6 nitrogen and oxygen atoms in total. The molecule has 2 heterocycles. The number of nitrogens with zero attached hydrogens (tertiary/aromatic N) is 3. The number of aromatic amines is 1. The molecule has 2 aromatic heterocycles. The van der Waals surface area contributed by atoms with Crippen LogP contribution in [0.2, 0.25) is 0 Å². The van der Waals surface area contributed by atoms with Gasteiger partial charge in [0.25, 0.3) is 0 Å². The molecule has 0 radical (unpaired) electrons. The van der Waals surface area contributed by atoms with Crippen molar-refractivity contribution in [2.75, 3.05) is 0 Å². The molecule has 0 aliphatic heterocycles. The summed E-state index contributed by atoms with van der Waals surface area (Å²) in [5.74, 6) is -0.261. The van der Waals surface area contributed by atoms with Crippen molar-refractivity contribution < 1.29 is 9.90 Å². The number of aryl methyl sites for hydroxylation is 3. The van der Waals surface area contributed by atoms with Crippen molar-refractivity contribution in [1.29, 1.82) is 0 Å². The topological polar surface area (TPSA) is 91.8 Å². The summed E-state index contributed by atoms with van der Waals surface area (Å²) >= 11 is 1.19. The zero-order valence-electron chi connectivity index (χ0n) is 11.0. The first-order chi connectivity index (χ1) is 9.63. The minimum atomic E-state index is -0.958. The Kier molecular flexibility index (Phi) is 3.43. The van der Waals surface area contributed by atoms with Crippen molar-refractivity contribution >= 4 is 17.7 Å². The Bertz CT molecular complexity index is 668. The van der Waals surface area contributed by atoms with E-state index in [1.807, 2.05) is 0 Å². The zero-order chi connectivity index (χ0) is 14.1. The highest BCUT2D eigenvalue weighted by Gasteiger charge is 2.20. The number of aromatic carboxylic acids is 1. The molecule has 1 aliphatic rings. The molecule has 0 amide bonds. The number of rotatable bonds is 3. The van der Waals surface area contributed by atoms with Crippen LogP contribution < -0.4 is 0 Å². The van der Waals surface area contributed by atoms with Gasteiger partial charge in [0.05, 0.1) is 5.56 Å². The molecule has 0 spiro atoms. The molecule has 0 saturated carbocycles. The number of hydrogen-bond donors (Lipinski definition) is 2. The van der Waals surface area contributed by atoms with Gasteiger partial charge in [0, 0.05) is 5.69 Å².